The number of nitrogens with zero attached hydrogens (tertiary/aromatic N) is 1. The van der Waals surface area contributed by atoms with E-state index in [0.717, 1.165) is 11.1 Å². The third-order valence-corrected chi connectivity index (χ3v) is 4.12. The molecule has 0 aliphatic carbocycles. The summed E-state index contributed by atoms with van der Waals surface area (Å²) in [6.45, 7) is 4.88. The van der Waals surface area contributed by atoms with E-state index in [0.29, 0.717) is 11.3 Å². The summed E-state index contributed by atoms with van der Waals surface area (Å²) in [4.78, 5) is 34.7. The molecule has 31 heavy (non-hydrogen) atoms. The van der Waals surface area contributed by atoms with Gasteiger partial charge in [-0.25, -0.2) is 4.79 Å². The molecule has 0 aliphatic rings. The molecule has 0 radical (unpaired) electrons. The zero-order valence-corrected chi connectivity index (χ0v) is 17.3. The quantitative estimate of drug-likeness (QED) is 0.248. The van der Waals surface area contributed by atoms with Crippen LogP contribution < -0.4 is 4.74 Å². The van der Waals surface area contributed by atoms with E-state index in [1.807, 2.05) is 24.3 Å². The van der Waals surface area contributed by atoms with Gasteiger partial charge in [0.2, 0.25) is 0 Å². The van der Waals surface area contributed by atoms with Gasteiger partial charge in [-0.3, -0.25) is 9.59 Å². The summed E-state index contributed by atoms with van der Waals surface area (Å²) in [5.41, 5.74) is 2.74. The third kappa shape index (κ3) is 8.15. The minimum Gasteiger partial charge on any atom is -0.462 e. The largest absolute Gasteiger partial charge is 0.462 e. The van der Waals surface area contributed by atoms with Crippen LogP contribution in [0.5, 0.6) is 5.75 Å². The molecule has 2 aromatic rings. The molecular formula is C24H23NO6. The van der Waals surface area contributed by atoms with Gasteiger partial charge in [-0.2, -0.15) is 5.26 Å². The lowest BCUT2D eigenvalue weighted by atomic mass is 10.0. The molecule has 0 fully saturated rings. The molecule has 7 nitrogen and oxygen atoms in total. The van der Waals surface area contributed by atoms with E-state index in [-0.39, 0.29) is 38.0 Å². The van der Waals surface area contributed by atoms with Crippen molar-refractivity contribution in [3.05, 3.63) is 66.2 Å². The van der Waals surface area contributed by atoms with Gasteiger partial charge in [0, 0.05) is 18.4 Å². The molecule has 0 N–H and O–H groups in total. The molecule has 0 saturated heterocycles. The Balaban J connectivity index is 1.68. The van der Waals surface area contributed by atoms with Crippen molar-refractivity contribution in [3.8, 4) is 22.9 Å². The Labute approximate surface area is 180 Å². The number of hydrogen-bond donors (Lipinski definition) is 0. The van der Waals surface area contributed by atoms with Crippen molar-refractivity contribution >= 4 is 17.9 Å². The summed E-state index contributed by atoms with van der Waals surface area (Å²) >= 11 is 0. The van der Waals surface area contributed by atoms with Gasteiger partial charge in [0.1, 0.15) is 19.0 Å². The van der Waals surface area contributed by atoms with E-state index < -0.39 is 17.9 Å². The second-order valence-electron chi connectivity index (χ2n) is 6.68. The fourth-order valence-corrected chi connectivity index (χ4v) is 2.50. The summed E-state index contributed by atoms with van der Waals surface area (Å²) in [7, 11) is 0. The first-order valence-corrected chi connectivity index (χ1v) is 9.68. The Bertz CT molecular complexity index is 971. The van der Waals surface area contributed by atoms with Crippen LogP contribution in [-0.4, -0.2) is 31.1 Å². The Morgan fingerprint density at radius 2 is 1.42 bits per heavy atom. The molecular weight excluding hydrogens is 398 g/mol. The minimum absolute atomic E-state index is 0.0437. The SMILES string of the molecule is C=C(C)C(=O)OCCOC(=O)CCCC(=O)Oc1ccc(-c2ccc(C#N)cc2)cc1. The van der Waals surface area contributed by atoms with Crippen LogP contribution in [0.4, 0.5) is 0 Å². The normalized spacial score (nSPS) is 9.94. The Hall–Kier alpha value is -3.92. The maximum absolute atomic E-state index is 11.9. The fourth-order valence-electron chi connectivity index (χ4n) is 2.50. The number of carbonyl (C=O) groups is 3. The number of esters is 3. The van der Waals surface area contributed by atoms with Gasteiger partial charge < -0.3 is 14.2 Å². The number of benzene rings is 2. The molecule has 160 valence electrons. The van der Waals surface area contributed by atoms with Crippen molar-refractivity contribution in [1.29, 1.82) is 5.26 Å². The fraction of sp³-hybridized carbons (Fsp3) is 0.250. The molecule has 2 rings (SSSR count). The van der Waals surface area contributed by atoms with E-state index in [2.05, 4.69) is 12.6 Å². The standard InChI is InChI=1S/C24H23NO6/c1-17(2)24(28)30-15-14-29-22(26)4-3-5-23(27)31-21-12-10-20(11-13-21)19-8-6-18(16-25)7-9-19/h6-13H,1,3-5,14-15H2,2H3. The number of nitriles is 1. The monoisotopic (exact) mass is 421 g/mol. The lowest BCUT2D eigenvalue weighted by Gasteiger charge is -2.07. The van der Waals surface area contributed by atoms with E-state index in [1.54, 1.807) is 24.3 Å². The van der Waals surface area contributed by atoms with Gasteiger partial charge >= 0.3 is 17.9 Å². The highest BCUT2D eigenvalue weighted by Crippen LogP contribution is 2.23. The topological polar surface area (TPSA) is 103 Å². The van der Waals surface area contributed by atoms with Crippen LogP contribution in [-0.2, 0) is 23.9 Å². The van der Waals surface area contributed by atoms with Crippen LogP contribution in [0, 0.1) is 11.3 Å². The van der Waals surface area contributed by atoms with Crippen molar-refractivity contribution in [2.45, 2.75) is 26.2 Å². The second kappa shape index (κ2) is 11.9. The van der Waals surface area contributed by atoms with E-state index >= 15 is 0 Å². The van der Waals surface area contributed by atoms with E-state index in [9.17, 15) is 14.4 Å². The van der Waals surface area contributed by atoms with Crippen molar-refractivity contribution < 1.29 is 28.6 Å². The summed E-state index contributed by atoms with van der Waals surface area (Å²) in [6, 6.07) is 16.3. The lowest BCUT2D eigenvalue weighted by molar-refractivity contribution is -0.150. The highest BCUT2D eigenvalue weighted by Gasteiger charge is 2.10. The molecule has 7 heteroatoms. The van der Waals surface area contributed by atoms with Gasteiger partial charge in [-0.05, 0) is 48.7 Å². The number of hydrogen-bond acceptors (Lipinski definition) is 7. The van der Waals surface area contributed by atoms with Crippen molar-refractivity contribution in [3.63, 3.8) is 0 Å². The molecule has 0 amide bonds. The molecule has 0 aromatic heterocycles. The van der Waals surface area contributed by atoms with Gasteiger partial charge in [0.25, 0.3) is 0 Å². The van der Waals surface area contributed by atoms with E-state index in [4.69, 9.17) is 19.5 Å². The molecule has 0 heterocycles. The van der Waals surface area contributed by atoms with Crippen LogP contribution in [0.15, 0.2) is 60.7 Å². The number of ether oxygens (including phenoxy) is 3. The van der Waals surface area contributed by atoms with Crippen LogP contribution in [0.2, 0.25) is 0 Å². The first-order valence-electron chi connectivity index (χ1n) is 9.68. The van der Waals surface area contributed by atoms with Crippen molar-refractivity contribution in [2.75, 3.05) is 13.2 Å². The Morgan fingerprint density at radius 1 is 0.871 bits per heavy atom. The molecule has 2 aromatic carbocycles. The lowest BCUT2D eigenvalue weighted by Crippen LogP contribution is -2.14. The summed E-state index contributed by atoms with van der Waals surface area (Å²) < 4.78 is 15.0. The van der Waals surface area contributed by atoms with Crippen LogP contribution in [0.3, 0.4) is 0 Å². The average molecular weight is 421 g/mol. The minimum atomic E-state index is -0.538. The summed E-state index contributed by atoms with van der Waals surface area (Å²) in [5.74, 6) is -1.06. The van der Waals surface area contributed by atoms with Gasteiger partial charge in [-0.1, -0.05) is 30.8 Å². The smallest absolute Gasteiger partial charge is 0.333 e. The van der Waals surface area contributed by atoms with Gasteiger partial charge in [0.05, 0.1) is 11.6 Å². The third-order valence-electron chi connectivity index (χ3n) is 4.12. The number of carbonyl (C=O) groups excluding carboxylic acids is 3. The molecule has 0 unspecified atom stereocenters. The van der Waals surface area contributed by atoms with Gasteiger partial charge in [-0.15, -0.1) is 0 Å². The highest BCUT2D eigenvalue weighted by molar-refractivity contribution is 5.86. The zero-order chi connectivity index (χ0) is 22.6. The molecule has 0 bridgehead atoms. The Morgan fingerprint density at radius 3 is 2.00 bits per heavy atom. The van der Waals surface area contributed by atoms with Crippen molar-refractivity contribution in [1.82, 2.24) is 0 Å². The van der Waals surface area contributed by atoms with Gasteiger partial charge in [0.15, 0.2) is 0 Å². The molecule has 0 aliphatic heterocycles. The molecule has 0 spiro atoms. The second-order valence-corrected chi connectivity index (χ2v) is 6.68. The number of rotatable bonds is 10. The zero-order valence-electron chi connectivity index (χ0n) is 17.3. The van der Waals surface area contributed by atoms with Crippen LogP contribution in [0.25, 0.3) is 11.1 Å². The van der Waals surface area contributed by atoms with Crippen molar-refractivity contribution in [2.24, 2.45) is 0 Å². The summed E-state index contributed by atoms with van der Waals surface area (Å²) in [5, 5.41) is 8.85. The predicted octanol–water partition coefficient (Wildman–Crippen LogP) is 3.96. The average Bonchev–Trinajstić information content (AvgIpc) is 2.77. The highest BCUT2D eigenvalue weighted by atomic mass is 16.6. The van der Waals surface area contributed by atoms with E-state index in [1.165, 1.54) is 6.92 Å². The molecule has 0 atom stereocenters. The van der Waals surface area contributed by atoms with Crippen LogP contribution in [0.1, 0.15) is 31.7 Å². The molecule has 0 saturated carbocycles. The van der Waals surface area contributed by atoms with Crippen LogP contribution >= 0.6 is 0 Å². The maximum Gasteiger partial charge on any atom is 0.333 e. The predicted molar refractivity (Wildman–Crippen MR) is 113 cm³/mol. The Kier molecular flexibility index (Phi) is 8.99. The first-order chi connectivity index (χ1) is 14.9. The summed E-state index contributed by atoms with van der Waals surface area (Å²) in [6.07, 6.45) is 0.408. The maximum atomic E-state index is 11.9. The first kappa shape index (κ1) is 23.4.